The predicted octanol–water partition coefficient (Wildman–Crippen LogP) is 3.91. The van der Waals surface area contributed by atoms with Crippen molar-refractivity contribution in [3.05, 3.63) is 77.9 Å². The molecule has 0 radical (unpaired) electrons. The zero-order valence-electron chi connectivity index (χ0n) is 20.6. The molecule has 7 nitrogen and oxygen atoms in total. The molecule has 3 rings (SSSR count). The average Bonchev–Trinajstić information content (AvgIpc) is 2.83. The van der Waals surface area contributed by atoms with Gasteiger partial charge in [0, 0.05) is 30.2 Å². The summed E-state index contributed by atoms with van der Waals surface area (Å²) < 4.78 is 66.1. The van der Waals surface area contributed by atoms with Crippen molar-refractivity contribution < 1.29 is 31.2 Å². The zero-order chi connectivity index (χ0) is 27.4. The van der Waals surface area contributed by atoms with Crippen LogP contribution in [0.25, 0.3) is 0 Å². The van der Waals surface area contributed by atoms with Crippen LogP contribution in [0.3, 0.4) is 0 Å². The van der Waals surface area contributed by atoms with Gasteiger partial charge in [-0.25, -0.2) is 8.42 Å². The number of hydrogen-bond donors (Lipinski definition) is 2. The first-order valence-corrected chi connectivity index (χ1v) is 13.3. The van der Waals surface area contributed by atoms with Crippen LogP contribution in [-0.2, 0) is 27.4 Å². The molecule has 1 heterocycles. The van der Waals surface area contributed by atoms with Gasteiger partial charge in [-0.1, -0.05) is 18.7 Å². The number of hydrogen-bond acceptors (Lipinski definition) is 4. The van der Waals surface area contributed by atoms with E-state index in [4.69, 9.17) is 0 Å². The number of piperidine rings is 1. The molecule has 1 aliphatic rings. The number of benzene rings is 2. The highest BCUT2D eigenvalue weighted by Crippen LogP contribution is 2.30. The highest BCUT2D eigenvalue weighted by Gasteiger charge is 2.39. The Morgan fingerprint density at radius 3 is 2.11 bits per heavy atom. The number of carbonyl (C=O) groups is 2. The first kappa shape index (κ1) is 28.4. The lowest BCUT2D eigenvalue weighted by Crippen LogP contribution is -2.54. The molecule has 2 N–H and O–H groups in total. The maximum Gasteiger partial charge on any atom is 0.416 e. The van der Waals surface area contributed by atoms with E-state index in [0.29, 0.717) is 24.8 Å². The Morgan fingerprint density at radius 1 is 1.03 bits per heavy atom. The van der Waals surface area contributed by atoms with Gasteiger partial charge in [-0.05, 0) is 81.1 Å². The van der Waals surface area contributed by atoms with E-state index < -0.39 is 27.7 Å². The average molecular weight is 538 g/mol. The fourth-order valence-electron chi connectivity index (χ4n) is 4.60. The third-order valence-corrected chi connectivity index (χ3v) is 8.47. The van der Waals surface area contributed by atoms with Crippen molar-refractivity contribution in [2.75, 3.05) is 6.54 Å². The van der Waals surface area contributed by atoms with Crippen molar-refractivity contribution >= 4 is 21.8 Å². The van der Waals surface area contributed by atoms with Crippen molar-refractivity contribution in [1.82, 2.24) is 14.9 Å². The largest absolute Gasteiger partial charge is 0.416 e. The van der Waals surface area contributed by atoms with Gasteiger partial charge in [0.05, 0.1) is 10.5 Å². The standard InChI is InChI=1S/C26H30F3N3O4S/c1-4-24(33)31-22-15-17(2)32(18(3)16-22)37(35,36)23-11-7-20(8-12-23)25(34)30-14-13-19-5-9-21(10-6-19)26(27,28)29/h4-12,17-18,22H,1,13-16H2,2-3H3,(H,30,34)(H,31,33). The van der Waals surface area contributed by atoms with E-state index in [1.165, 1.54) is 46.8 Å². The van der Waals surface area contributed by atoms with Crippen LogP contribution >= 0.6 is 0 Å². The predicted molar refractivity (Wildman–Crippen MR) is 133 cm³/mol. The molecule has 2 amide bonds. The molecule has 2 aromatic carbocycles. The van der Waals surface area contributed by atoms with Gasteiger partial charge in [0.1, 0.15) is 0 Å². The van der Waals surface area contributed by atoms with Crippen molar-refractivity contribution in [3.8, 4) is 0 Å². The number of alkyl halides is 3. The summed E-state index contributed by atoms with van der Waals surface area (Å²) in [5, 5.41) is 5.52. The molecule has 0 aliphatic carbocycles. The molecule has 1 fully saturated rings. The first-order valence-electron chi connectivity index (χ1n) is 11.8. The lowest BCUT2D eigenvalue weighted by Gasteiger charge is -2.41. The molecular formula is C26H30F3N3O4S. The van der Waals surface area contributed by atoms with E-state index in [-0.39, 0.29) is 41.0 Å². The SMILES string of the molecule is C=CC(=O)NC1CC(C)N(S(=O)(=O)c2ccc(C(=O)NCCc3ccc(C(F)(F)F)cc3)cc2)C(C)C1. The minimum Gasteiger partial charge on any atom is -0.352 e. The molecule has 0 spiro atoms. The Hall–Kier alpha value is -3.18. The molecule has 2 aromatic rings. The third kappa shape index (κ3) is 6.98. The van der Waals surface area contributed by atoms with Crippen LogP contribution in [0.2, 0.25) is 0 Å². The van der Waals surface area contributed by atoms with Crippen LogP contribution in [0.1, 0.15) is 48.2 Å². The molecule has 1 saturated heterocycles. The Balaban J connectivity index is 1.59. The summed E-state index contributed by atoms with van der Waals surface area (Å²) in [5.74, 6) is -0.717. The summed E-state index contributed by atoms with van der Waals surface area (Å²) >= 11 is 0. The summed E-state index contributed by atoms with van der Waals surface area (Å²) in [6.45, 7) is 7.22. The van der Waals surface area contributed by atoms with Crippen LogP contribution in [0.15, 0.2) is 66.1 Å². The van der Waals surface area contributed by atoms with Gasteiger partial charge in [0.15, 0.2) is 0 Å². The molecule has 11 heteroatoms. The maximum absolute atomic E-state index is 13.3. The van der Waals surface area contributed by atoms with Crippen molar-refractivity contribution in [2.24, 2.45) is 0 Å². The summed E-state index contributed by atoms with van der Waals surface area (Å²) in [4.78, 5) is 24.2. The van der Waals surface area contributed by atoms with Gasteiger partial charge in [-0.3, -0.25) is 9.59 Å². The quantitative estimate of drug-likeness (QED) is 0.499. The molecule has 1 aliphatic heterocycles. The van der Waals surface area contributed by atoms with E-state index >= 15 is 0 Å². The van der Waals surface area contributed by atoms with Gasteiger partial charge in [0.2, 0.25) is 15.9 Å². The topological polar surface area (TPSA) is 95.6 Å². The molecule has 0 aromatic heterocycles. The highest BCUT2D eigenvalue weighted by molar-refractivity contribution is 7.89. The lowest BCUT2D eigenvalue weighted by molar-refractivity contribution is -0.137. The summed E-state index contributed by atoms with van der Waals surface area (Å²) in [7, 11) is -3.84. The van der Waals surface area contributed by atoms with Gasteiger partial charge in [-0.15, -0.1) is 0 Å². The number of carbonyl (C=O) groups excluding carboxylic acids is 2. The molecule has 37 heavy (non-hydrogen) atoms. The maximum atomic E-state index is 13.3. The number of sulfonamides is 1. The zero-order valence-corrected chi connectivity index (χ0v) is 21.4. The normalized spacial score (nSPS) is 20.7. The molecule has 2 atom stereocenters. The van der Waals surface area contributed by atoms with Crippen LogP contribution in [0.5, 0.6) is 0 Å². The van der Waals surface area contributed by atoms with Crippen LogP contribution < -0.4 is 10.6 Å². The van der Waals surface area contributed by atoms with Crippen molar-refractivity contribution in [2.45, 2.75) is 62.3 Å². The molecule has 200 valence electrons. The van der Waals surface area contributed by atoms with Crippen LogP contribution in [0.4, 0.5) is 13.2 Å². The van der Waals surface area contributed by atoms with Crippen molar-refractivity contribution in [1.29, 1.82) is 0 Å². The number of rotatable bonds is 8. The second-order valence-electron chi connectivity index (χ2n) is 9.14. The minimum absolute atomic E-state index is 0.0566. The summed E-state index contributed by atoms with van der Waals surface area (Å²) in [5.41, 5.74) is 0.173. The smallest absolute Gasteiger partial charge is 0.352 e. The highest BCUT2D eigenvalue weighted by atomic mass is 32.2. The number of nitrogens with one attached hydrogen (secondary N) is 2. The monoisotopic (exact) mass is 537 g/mol. The van der Waals surface area contributed by atoms with Gasteiger partial charge < -0.3 is 10.6 Å². The van der Waals surface area contributed by atoms with E-state index in [1.54, 1.807) is 13.8 Å². The fraction of sp³-hybridized carbons (Fsp3) is 0.385. The van der Waals surface area contributed by atoms with E-state index in [2.05, 4.69) is 17.2 Å². The molecular weight excluding hydrogens is 507 g/mol. The van der Waals surface area contributed by atoms with E-state index in [1.807, 2.05) is 0 Å². The molecule has 0 saturated carbocycles. The van der Waals surface area contributed by atoms with Crippen molar-refractivity contribution in [3.63, 3.8) is 0 Å². The second kappa shape index (κ2) is 11.5. The number of nitrogens with zero attached hydrogens (tertiary/aromatic N) is 1. The second-order valence-corrected chi connectivity index (χ2v) is 11.0. The van der Waals surface area contributed by atoms with Crippen LogP contribution in [0, 0.1) is 0 Å². The summed E-state index contributed by atoms with van der Waals surface area (Å²) in [6, 6.07) is 9.48. The molecule has 2 unspecified atom stereocenters. The fourth-order valence-corrected chi connectivity index (χ4v) is 6.44. The Kier molecular flexibility index (Phi) is 8.80. The van der Waals surface area contributed by atoms with Gasteiger partial charge in [0.25, 0.3) is 5.91 Å². The minimum atomic E-state index is -4.40. The van der Waals surface area contributed by atoms with E-state index in [9.17, 15) is 31.2 Å². The Bertz CT molecular complexity index is 1220. The Labute approximate surface area is 214 Å². The molecule has 0 bridgehead atoms. The first-order chi connectivity index (χ1) is 17.3. The Morgan fingerprint density at radius 2 is 1.59 bits per heavy atom. The lowest BCUT2D eigenvalue weighted by atomic mass is 9.95. The number of amides is 2. The van der Waals surface area contributed by atoms with Gasteiger partial charge >= 0.3 is 6.18 Å². The van der Waals surface area contributed by atoms with Crippen LogP contribution in [-0.4, -0.2) is 49.2 Å². The number of halogens is 3. The van der Waals surface area contributed by atoms with Gasteiger partial charge in [-0.2, -0.15) is 17.5 Å². The van der Waals surface area contributed by atoms with E-state index in [0.717, 1.165) is 12.1 Å². The summed E-state index contributed by atoms with van der Waals surface area (Å²) in [6.07, 6.45) is -1.95. The third-order valence-electron chi connectivity index (χ3n) is 6.32.